The number of rotatable bonds is 0. The molecular formula is C6H7BrN2O3. The number of hydrogen-bond donors (Lipinski definition) is 1. The van der Waals surface area contributed by atoms with Gasteiger partial charge in [0.1, 0.15) is 10.2 Å². The Labute approximate surface area is 76.4 Å². The van der Waals surface area contributed by atoms with Gasteiger partial charge < -0.3 is 9.84 Å². The zero-order chi connectivity index (χ0) is 9.30. The number of nitrogens with one attached hydrogen (secondary N) is 1. The average Bonchev–Trinajstić information content (AvgIpc) is 2.32. The molecule has 1 rings (SSSR count). The van der Waals surface area contributed by atoms with E-state index in [1.807, 2.05) is 0 Å². The minimum Gasteiger partial charge on any atom is -0.371 e. The molecule has 0 aromatic carbocycles. The van der Waals surface area contributed by atoms with Crippen LogP contribution in [-0.4, -0.2) is 17.8 Å². The molecule has 0 saturated carbocycles. The van der Waals surface area contributed by atoms with E-state index in [2.05, 4.69) is 21.2 Å². The maximum atomic E-state index is 11.2. The summed E-state index contributed by atoms with van der Waals surface area (Å²) in [5.41, 5.74) is -0.494. The summed E-state index contributed by atoms with van der Waals surface area (Å²) in [6, 6.07) is -0.589. The van der Waals surface area contributed by atoms with Gasteiger partial charge in [-0.2, -0.15) is 0 Å². The molecule has 0 atom stereocenters. The largest absolute Gasteiger partial charge is 0.371 e. The van der Waals surface area contributed by atoms with Crippen molar-refractivity contribution in [1.29, 1.82) is 0 Å². The van der Waals surface area contributed by atoms with Crippen LogP contribution < -0.4 is 10.9 Å². The van der Waals surface area contributed by atoms with Crippen molar-refractivity contribution in [2.24, 2.45) is 0 Å². The Bertz CT molecular complexity index is 365. The van der Waals surface area contributed by atoms with E-state index in [0.717, 1.165) is 0 Å². The SMILES string of the molecule is CNC(=O)n1oc(C)c(Br)c1=O. The molecule has 0 saturated heterocycles. The molecule has 1 amide bonds. The first-order chi connectivity index (χ1) is 5.57. The summed E-state index contributed by atoms with van der Waals surface area (Å²) in [6.07, 6.45) is 0. The lowest BCUT2D eigenvalue weighted by Crippen LogP contribution is -2.31. The summed E-state index contributed by atoms with van der Waals surface area (Å²) in [5, 5.41) is 2.27. The van der Waals surface area contributed by atoms with Crippen molar-refractivity contribution in [2.45, 2.75) is 6.92 Å². The fraction of sp³-hybridized carbons (Fsp3) is 0.333. The molecule has 0 aliphatic carbocycles. The van der Waals surface area contributed by atoms with Crippen molar-refractivity contribution >= 4 is 22.0 Å². The topological polar surface area (TPSA) is 64.2 Å². The monoisotopic (exact) mass is 234 g/mol. The summed E-state index contributed by atoms with van der Waals surface area (Å²) in [6.45, 7) is 1.59. The Morgan fingerprint density at radius 3 is 2.58 bits per heavy atom. The number of aryl methyl sites for hydroxylation is 1. The second kappa shape index (κ2) is 3.14. The van der Waals surface area contributed by atoms with Gasteiger partial charge in [0.2, 0.25) is 0 Å². The summed E-state index contributed by atoms with van der Waals surface area (Å²) in [5.74, 6) is 0.378. The maximum absolute atomic E-state index is 11.2. The minimum atomic E-state index is -0.589. The van der Waals surface area contributed by atoms with Crippen molar-refractivity contribution in [2.75, 3.05) is 7.05 Å². The molecular weight excluding hydrogens is 228 g/mol. The molecule has 0 spiro atoms. The molecule has 0 radical (unpaired) electrons. The summed E-state index contributed by atoms with van der Waals surface area (Å²) < 4.78 is 5.76. The zero-order valence-corrected chi connectivity index (χ0v) is 8.14. The highest BCUT2D eigenvalue weighted by molar-refractivity contribution is 9.10. The molecule has 0 unspecified atom stereocenters. The second-order valence-electron chi connectivity index (χ2n) is 2.12. The van der Waals surface area contributed by atoms with Crippen molar-refractivity contribution in [3.05, 3.63) is 20.6 Å². The quantitative estimate of drug-likeness (QED) is 0.719. The van der Waals surface area contributed by atoms with Gasteiger partial charge in [0.15, 0.2) is 0 Å². The normalized spacial score (nSPS) is 9.92. The molecule has 0 fully saturated rings. The van der Waals surface area contributed by atoms with Gasteiger partial charge in [-0.25, -0.2) is 4.79 Å². The van der Waals surface area contributed by atoms with Crippen LogP contribution in [0.5, 0.6) is 0 Å². The van der Waals surface area contributed by atoms with Crippen molar-refractivity contribution < 1.29 is 9.32 Å². The predicted octanol–water partition coefficient (Wildman–Crippen LogP) is 0.700. The molecule has 0 bridgehead atoms. The number of carbonyl (C=O) groups is 1. The predicted molar refractivity (Wildman–Crippen MR) is 45.3 cm³/mol. The summed E-state index contributed by atoms with van der Waals surface area (Å²) in [4.78, 5) is 22.1. The van der Waals surface area contributed by atoms with E-state index < -0.39 is 11.6 Å². The van der Waals surface area contributed by atoms with Crippen LogP contribution in [0.2, 0.25) is 0 Å². The van der Waals surface area contributed by atoms with E-state index in [4.69, 9.17) is 4.52 Å². The van der Waals surface area contributed by atoms with Crippen LogP contribution in [0.15, 0.2) is 13.8 Å². The van der Waals surface area contributed by atoms with Gasteiger partial charge in [0, 0.05) is 7.05 Å². The number of carbonyl (C=O) groups excluding carboxylic acids is 1. The first-order valence-corrected chi connectivity index (χ1v) is 3.97. The van der Waals surface area contributed by atoms with E-state index in [1.54, 1.807) is 6.92 Å². The van der Waals surface area contributed by atoms with E-state index >= 15 is 0 Å². The Kier molecular flexibility index (Phi) is 2.37. The molecule has 5 nitrogen and oxygen atoms in total. The molecule has 1 heterocycles. The lowest BCUT2D eigenvalue weighted by molar-refractivity contribution is 0.208. The van der Waals surface area contributed by atoms with Crippen LogP contribution >= 0.6 is 15.9 Å². The molecule has 66 valence electrons. The molecule has 0 aliphatic rings. The zero-order valence-electron chi connectivity index (χ0n) is 6.55. The molecule has 1 aromatic heterocycles. The number of hydrogen-bond acceptors (Lipinski definition) is 3. The maximum Gasteiger partial charge on any atom is 0.358 e. The van der Waals surface area contributed by atoms with E-state index in [-0.39, 0.29) is 4.47 Å². The van der Waals surface area contributed by atoms with Crippen molar-refractivity contribution in [3.8, 4) is 0 Å². The van der Waals surface area contributed by atoms with Crippen LogP contribution in [0.3, 0.4) is 0 Å². The van der Waals surface area contributed by atoms with Gasteiger partial charge in [-0.15, -0.1) is 0 Å². The number of nitrogens with zero attached hydrogens (tertiary/aromatic N) is 1. The minimum absolute atomic E-state index is 0.270. The third-order valence-electron chi connectivity index (χ3n) is 1.31. The molecule has 0 aliphatic heterocycles. The van der Waals surface area contributed by atoms with E-state index in [1.165, 1.54) is 7.05 Å². The van der Waals surface area contributed by atoms with Crippen molar-refractivity contribution in [1.82, 2.24) is 10.1 Å². The van der Waals surface area contributed by atoms with Gasteiger partial charge in [0.05, 0.1) is 0 Å². The highest BCUT2D eigenvalue weighted by Gasteiger charge is 2.14. The van der Waals surface area contributed by atoms with E-state index in [0.29, 0.717) is 10.5 Å². The van der Waals surface area contributed by atoms with Crippen LogP contribution in [0.1, 0.15) is 5.76 Å². The summed E-state index contributed by atoms with van der Waals surface area (Å²) in [7, 11) is 1.42. The molecule has 12 heavy (non-hydrogen) atoms. The van der Waals surface area contributed by atoms with Crippen molar-refractivity contribution in [3.63, 3.8) is 0 Å². The first kappa shape index (κ1) is 9.05. The number of aromatic nitrogens is 1. The van der Waals surface area contributed by atoms with Crippen LogP contribution in [-0.2, 0) is 0 Å². The third kappa shape index (κ3) is 1.29. The Morgan fingerprint density at radius 1 is 1.67 bits per heavy atom. The molecule has 1 N–H and O–H groups in total. The lowest BCUT2D eigenvalue weighted by Gasteiger charge is -1.94. The first-order valence-electron chi connectivity index (χ1n) is 3.18. The summed E-state index contributed by atoms with van der Waals surface area (Å²) >= 11 is 2.99. The lowest BCUT2D eigenvalue weighted by atomic mass is 10.5. The van der Waals surface area contributed by atoms with Crippen LogP contribution in [0.4, 0.5) is 4.79 Å². The van der Waals surface area contributed by atoms with Gasteiger partial charge >= 0.3 is 11.6 Å². The van der Waals surface area contributed by atoms with Gasteiger partial charge in [-0.1, -0.05) is 4.74 Å². The third-order valence-corrected chi connectivity index (χ3v) is 2.21. The average molecular weight is 235 g/mol. The van der Waals surface area contributed by atoms with Crippen LogP contribution in [0.25, 0.3) is 0 Å². The standard InChI is InChI=1S/C6H7BrN2O3/c1-3-4(7)5(10)9(12-3)6(11)8-2/h1-2H3,(H,8,11). The fourth-order valence-electron chi connectivity index (χ4n) is 0.693. The van der Waals surface area contributed by atoms with Gasteiger partial charge in [0.25, 0.3) is 0 Å². The molecule has 1 aromatic rings. The van der Waals surface area contributed by atoms with Crippen LogP contribution in [0, 0.1) is 6.92 Å². The smallest absolute Gasteiger partial charge is 0.358 e. The Morgan fingerprint density at radius 2 is 2.25 bits per heavy atom. The Hall–Kier alpha value is -1.04. The fourth-order valence-corrected chi connectivity index (χ4v) is 0.927. The molecule has 6 heteroatoms. The van der Waals surface area contributed by atoms with Gasteiger partial charge in [-0.3, -0.25) is 4.79 Å². The second-order valence-corrected chi connectivity index (χ2v) is 2.91. The van der Waals surface area contributed by atoms with E-state index in [9.17, 15) is 9.59 Å². The Balaban J connectivity index is 3.28. The number of halogens is 1. The highest BCUT2D eigenvalue weighted by Crippen LogP contribution is 2.09. The highest BCUT2D eigenvalue weighted by atomic mass is 79.9. The van der Waals surface area contributed by atoms with Gasteiger partial charge in [-0.05, 0) is 22.9 Å². The number of amides is 1.